The van der Waals surface area contributed by atoms with E-state index < -0.39 is 0 Å². The predicted octanol–water partition coefficient (Wildman–Crippen LogP) is 2.04. The molecule has 0 bridgehead atoms. The molecule has 0 amide bonds. The Morgan fingerprint density at radius 3 is 2.90 bits per heavy atom. The second-order valence-electron chi connectivity index (χ2n) is 7.07. The third kappa shape index (κ3) is 2.23. The van der Waals surface area contributed by atoms with Gasteiger partial charge in [0.05, 0.1) is 0 Å². The summed E-state index contributed by atoms with van der Waals surface area (Å²) in [5.41, 5.74) is 3.06. The fourth-order valence-corrected chi connectivity index (χ4v) is 4.90. The molecule has 1 aliphatic carbocycles. The molecule has 0 aromatic heterocycles. The molecule has 0 saturated carbocycles. The van der Waals surface area contributed by atoms with Gasteiger partial charge in [-0.15, -0.1) is 0 Å². The summed E-state index contributed by atoms with van der Waals surface area (Å²) in [5, 5.41) is 3.59. The fourth-order valence-electron chi connectivity index (χ4n) is 4.90. The molecule has 0 radical (unpaired) electrons. The molecule has 21 heavy (non-hydrogen) atoms. The van der Waals surface area contributed by atoms with Gasteiger partial charge in [-0.3, -0.25) is 9.80 Å². The van der Waals surface area contributed by atoms with E-state index in [4.69, 9.17) is 0 Å². The van der Waals surface area contributed by atoms with Gasteiger partial charge in [0.1, 0.15) is 0 Å². The topological polar surface area (TPSA) is 18.5 Å². The number of likely N-dealkylation sites (N-methyl/N-ethyl adjacent to an activating group) is 1. The zero-order valence-corrected chi connectivity index (χ0v) is 13.3. The molecule has 3 aliphatic rings. The number of nitrogens with zero attached hydrogens (tertiary/aromatic N) is 2. The third-order valence-electron chi connectivity index (χ3n) is 5.93. The number of hydrogen-bond donors (Lipinski definition) is 1. The molecule has 2 saturated heterocycles. The number of hydrogen-bond acceptors (Lipinski definition) is 3. The Bertz CT molecular complexity index is 515. The summed E-state index contributed by atoms with van der Waals surface area (Å²) in [7, 11) is 2.12. The van der Waals surface area contributed by atoms with Crippen LogP contribution in [0, 0.1) is 0 Å². The molecule has 1 N–H and O–H groups in total. The van der Waals surface area contributed by atoms with E-state index in [2.05, 4.69) is 53.4 Å². The van der Waals surface area contributed by atoms with Crippen molar-refractivity contribution in [1.29, 1.82) is 0 Å². The van der Waals surface area contributed by atoms with Gasteiger partial charge < -0.3 is 5.32 Å². The summed E-state index contributed by atoms with van der Waals surface area (Å²) < 4.78 is 0. The monoisotopic (exact) mass is 285 g/mol. The van der Waals surface area contributed by atoms with Crippen molar-refractivity contribution in [2.24, 2.45) is 0 Å². The molecule has 2 aliphatic heterocycles. The van der Waals surface area contributed by atoms with Gasteiger partial charge in [0.15, 0.2) is 0 Å². The van der Waals surface area contributed by atoms with E-state index in [-0.39, 0.29) is 0 Å². The lowest BCUT2D eigenvalue weighted by Gasteiger charge is -2.46. The molecule has 4 atom stereocenters. The van der Waals surface area contributed by atoms with E-state index in [1.165, 1.54) is 44.5 Å². The highest BCUT2D eigenvalue weighted by Gasteiger charge is 2.42. The average molecular weight is 285 g/mol. The average Bonchev–Trinajstić information content (AvgIpc) is 3.08. The minimum Gasteiger partial charge on any atom is -0.312 e. The molecule has 3 heteroatoms. The van der Waals surface area contributed by atoms with Crippen LogP contribution in [0.25, 0.3) is 0 Å². The minimum atomic E-state index is 0.497. The third-order valence-corrected chi connectivity index (χ3v) is 5.93. The Morgan fingerprint density at radius 2 is 2.05 bits per heavy atom. The van der Waals surface area contributed by atoms with Crippen molar-refractivity contribution < 1.29 is 0 Å². The van der Waals surface area contributed by atoms with Crippen molar-refractivity contribution in [3.63, 3.8) is 0 Å². The van der Waals surface area contributed by atoms with Crippen molar-refractivity contribution in [3.05, 3.63) is 35.4 Å². The van der Waals surface area contributed by atoms with Gasteiger partial charge in [-0.25, -0.2) is 0 Å². The molecule has 4 unspecified atom stereocenters. The largest absolute Gasteiger partial charge is 0.312 e. The predicted molar refractivity (Wildman–Crippen MR) is 86.5 cm³/mol. The van der Waals surface area contributed by atoms with E-state index in [1.807, 2.05) is 0 Å². The van der Waals surface area contributed by atoms with Crippen LogP contribution in [0.1, 0.15) is 36.9 Å². The first kappa shape index (κ1) is 13.7. The summed E-state index contributed by atoms with van der Waals surface area (Å²) >= 11 is 0. The van der Waals surface area contributed by atoms with Crippen LogP contribution in [0.3, 0.4) is 0 Å². The second kappa shape index (κ2) is 5.38. The van der Waals surface area contributed by atoms with Crippen molar-refractivity contribution in [2.45, 2.75) is 50.4 Å². The first-order valence-corrected chi connectivity index (χ1v) is 8.53. The zero-order valence-electron chi connectivity index (χ0n) is 13.3. The summed E-state index contributed by atoms with van der Waals surface area (Å²) in [4.78, 5) is 5.52. The molecule has 3 nitrogen and oxygen atoms in total. The highest BCUT2D eigenvalue weighted by Crippen LogP contribution is 2.37. The Balaban J connectivity index is 1.59. The molecular weight excluding hydrogens is 258 g/mol. The number of piperazine rings is 1. The van der Waals surface area contributed by atoms with Crippen LogP contribution >= 0.6 is 0 Å². The van der Waals surface area contributed by atoms with Crippen LogP contribution in [-0.2, 0) is 6.42 Å². The molecule has 1 aromatic carbocycles. The normalized spacial score (nSPS) is 36.7. The molecule has 2 heterocycles. The van der Waals surface area contributed by atoms with Crippen LogP contribution < -0.4 is 5.32 Å². The van der Waals surface area contributed by atoms with Crippen LogP contribution in [0.5, 0.6) is 0 Å². The quantitative estimate of drug-likeness (QED) is 0.897. The van der Waals surface area contributed by atoms with Crippen LogP contribution in [0.15, 0.2) is 24.3 Å². The zero-order chi connectivity index (χ0) is 14.4. The Morgan fingerprint density at radius 1 is 1.19 bits per heavy atom. The van der Waals surface area contributed by atoms with E-state index >= 15 is 0 Å². The summed E-state index contributed by atoms with van der Waals surface area (Å²) in [6.45, 7) is 6.26. The number of fused-ring (bicyclic) bond motifs is 2. The van der Waals surface area contributed by atoms with Gasteiger partial charge in [0.2, 0.25) is 0 Å². The van der Waals surface area contributed by atoms with Gasteiger partial charge in [0.25, 0.3) is 0 Å². The summed E-state index contributed by atoms with van der Waals surface area (Å²) in [6, 6.07) is 11.6. The lowest BCUT2D eigenvalue weighted by Crippen LogP contribution is -2.59. The minimum absolute atomic E-state index is 0.497. The van der Waals surface area contributed by atoms with Crippen molar-refractivity contribution in [3.8, 4) is 0 Å². The molecule has 2 fully saturated rings. The smallest absolute Gasteiger partial charge is 0.0481 e. The first-order chi connectivity index (χ1) is 10.3. The maximum absolute atomic E-state index is 3.59. The van der Waals surface area contributed by atoms with Gasteiger partial charge in [-0.1, -0.05) is 24.3 Å². The van der Waals surface area contributed by atoms with Gasteiger partial charge in [0, 0.05) is 37.3 Å². The number of rotatable bonds is 2. The summed E-state index contributed by atoms with van der Waals surface area (Å²) in [5.74, 6) is 0. The van der Waals surface area contributed by atoms with Crippen LogP contribution in [0.4, 0.5) is 0 Å². The van der Waals surface area contributed by atoms with E-state index in [9.17, 15) is 0 Å². The number of nitrogens with one attached hydrogen (secondary N) is 1. The van der Waals surface area contributed by atoms with Crippen LogP contribution in [-0.4, -0.2) is 54.6 Å². The standard InChI is InChI=1S/C18H27N3/c1-13-11-20-9-5-7-15(20)12-21(13)17-10-14-6-3-4-8-16(14)18(17)19-2/h3-4,6,8,13,15,17-19H,5,7,9-12H2,1-2H3. The van der Waals surface area contributed by atoms with E-state index in [1.54, 1.807) is 5.56 Å². The number of benzene rings is 1. The first-order valence-electron chi connectivity index (χ1n) is 8.53. The lowest BCUT2D eigenvalue weighted by molar-refractivity contribution is 0.0200. The maximum Gasteiger partial charge on any atom is 0.0481 e. The van der Waals surface area contributed by atoms with Crippen LogP contribution in [0.2, 0.25) is 0 Å². The molecular formula is C18H27N3. The van der Waals surface area contributed by atoms with E-state index in [0.717, 1.165) is 6.04 Å². The fraction of sp³-hybridized carbons (Fsp3) is 0.667. The van der Waals surface area contributed by atoms with Gasteiger partial charge in [-0.05, 0) is 50.9 Å². The summed E-state index contributed by atoms with van der Waals surface area (Å²) in [6.07, 6.45) is 4.00. The molecule has 4 rings (SSSR count). The highest BCUT2D eigenvalue weighted by atomic mass is 15.3. The van der Waals surface area contributed by atoms with Crippen molar-refractivity contribution in [2.75, 3.05) is 26.7 Å². The molecule has 0 spiro atoms. The van der Waals surface area contributed by atoms with Crippen molar-refractivity contribution in [1.82, 2.24) is 15.1 Å². The second-order valence-corrected chi connectivity index (χ2v) is 7.07. The molecule has 1 aromatic rings. The maximum atomic E-state index is 3.59. The SMILES string of the molecule is CNC1c2ccccc2CC1N1CC2CCCN2CC1C. The lowest BCUT2D eigenvalue weighted by atomic mass is 10.0. The Hall–Kier alpha value is -0.900. The van der Waals surface area contributed by atoms with E-state index in [0.29, 0.717) is 18.1 Å². The van der Waals surface area contributed by atoms with Gasteiger partial charge in [-0.2, -0.15) is 0 Å². The van der Waals surface area contributed by atoms with Gasteiger partial charge >= 0.3 is 0 Å². The molecule has 114 valence electrons. The highest BCUT2D eigenvalue weighted by molar-refractivity contribution is 5.37. The van der Waals surface area contributed by atoms with Crippen molar-refractivity contribution >= 4 is 0 Å². The Kier molecular flexibility index (Phi) is 3.52. The Labute approximate surface area is 128 Å².